The van der Waals surface area contributed by atoms with Crippen molar-refractivity contribution in [1.29, 1.82) is 10.5 Å². The summed E-state index contributed by atoms with van der Waals surface area (Å²) in [6.45, 7) is 0. The van der Waals surface area contributed by atoms with Crippen LogP contribution in [0.2, 0.25) is 0 Å². The summed E-state index contributed by atoms with van der Waals surface area (Å²) in [6.07, 6.45) is 2.75. The van der Waals surface area contributed by atoms with Crippen molar-refractivity contribution in [3.05, 3.63) is 52.5 Å². The van der Waals surface area contributed by atoms with E-state index in [-0.39, 0.29) is 17.2 Å². The van der Waals surface area contributed by atoms with Crippen molar-refractivity contribution in [2.75, 3.05) is 0 Å². The van der Waals surface area contributed by atoms with Gasteiger partial charge in [-0.1, -0.05) is 0 Å². The van der Waals surface area contributed by atoms with Crippen LogP contribution in [-0.2, 0) is 12.8 Å². The minimum Gasteiger partial charge on any atom is -0.435 e. The minimum absolute atomic E-state index is 0.0454. The Labute approximate surface area is 121 Å². The molecule has 4 nitrogen and oxygen atoms in total. The fraction of sp³-hybridized carbons (Fsp3) is 0.188. The SMILES string of the molecule is N#Cc1ccc(Oc2nc3c(cc2C#N)CCC3)c(F)c1. The number of pyridine rings is 1. The van der Waals surface area contributed by atoms with Crippen LogP contribution in [0, 0.1) is 28.5 Å². The molecule has 1 aromatic carbocycles. The standard InChI is InChI=1S/C16H10FN3O/c17-13-6-10(8-18)4-5-15(13)21-16-12(9-19)7-11-2-1-3-14(11)20-16/h4-7H,1-3H2. The van der Waals surface area contributed by atoms with E-state index in [2.05, 4.69) is 4.98 Å². The molecule has 3 rings (SSSR count). The summed E-state index contributed by atoms with van der Waals surface area (Å²) in [5.74, 6) is -0.585. The number of halogens is 1. The van der Waals surface area contributed by atoms with Gasteiger partial charge in [0.15, 0.2) is 11.6 Å². The molecule has 0 amide bonds. The number of hydrogen-bond acceptors (Lipinski definition) is 4. The molecule has 1 aromatic heterocycles. The molecule has 102 valence electrons. The Morgan fingerprint density at radius 2 is 2.00 bits per heavy atom. The lowest BCUT2D eigenvalue weighted by Gasteiger charge is -2.09. The first-order chi connectivity index (χ1) is 10.2. The van der Waals surface area contributed by atoms with E-state index in [0.717, 1.165) is 36.6 Å². The highest BCUT2D eigenvalue weighted by Gasteiger charge is 2.18. The second-order valence-electron chi connectivity index (χ2n) is 4.77. The summed E-state index contributed by atoms with van der Waals surface area (Å²) >= 11 is 0. The van der Waals surface area contributed by atoms with Gasteiger partial charge >= 0.3 is 0 Å². The second kappa shape index (κ2) is 5.22. The molecule has 1 aliphatic carbocycles. The maximum Gasteiger partial charge on any atom is 0.237 e. The third kappa shape index (κ3) is 2.42. The highest BCUT2D eigenvalue weighted by atomic mass is 19.1. The van der Waals surface area contributed by atoms with E-state index in [1.165, 1.54) is 12.1 Å². The number of hydrogen-bond donors (Lipinski definition) is 0. The van der Waals surface area contributed by atoms with Crippen LogP contribution in [0.15, 0.2) is 24.3 Å². The van der Waals surface area contributed by atoms with Gasteiger partial charge in [-0.2, -0.15) is 10.5 Å². The van der Waals surface area contributed by atoms with Crippen LogP contribution < -0.4 is 4.74 Å². The van der Waals surface area contributed by atoms with Crippen molar-refractivity contribution in [2.45, 2.75) is 19.3 Å². The molecule has 0 saturated heterocycles. The lowest BCUT2D eigenvalue weighted by Crippen LogP contribution is -1.98. The van der Waals surface area contributed by atoms with Gasteiger partial charge in [0.2, 0.25) is 5.88 Å². The first-order valence-electron chi connectivity index (χ1n) is 6.51. The Balaban J connectivity index is 1.99. The summed E-state index contributed by atoms with van der Waals surface area (Å²) in [6, 6.07) is 9.55. The molecule has 0 saturated carbocycles. The van der Waals surface area contributed by atoms with Crippen LogP contribution in [-0.4, -0.2) is 4.98 Å². The Bertz CT molecular complexity index is 802. The van der Waals surface area contributed by atoms with Crippen LogP contribution in [0.5, 0.6) is 11.6 Å². The van der Waals surface area contributed by atoms with Gasteiger partial charge in [0.25, 0.3) is 0 Å². The molecule has 0 aliphatic heterocycles. The number of benzene rings is 1. The van der Waals surface area contributed by atoms with E-state index in [1.807, 2.05) is 12.1 Å². The zero-order valence-corrected chi connectivity index (χ0v) is 11.1. The number of aryl methyl sites for hydroxylation is 2. The quantitative estimate of drug-likeness (QED) is 0.846. The third-order valence-corrected chi connectivity index (χ3v) is 3.40. The predicted molar refractivity (Wildman–Crippen MR) is 72.2 cm³/mol. The molecule has 21 heavy (non-hydrogen) atoms. The maximum atomic E-state index is 13.8. The predicted octanol–water partition coefficient (Wildman–Crippen LogP) is 3.25. The van der Waals surface area contributed by atoms with Crippen LogP contribution in [0.1, 0.15) is 28.8 Å². The number of ether oxygens (including phenoxy) is 1. The molecule has 0 N–H and O–H groups in total. The van der Waals surface area contributed by atoms with Gasteiger partial charge in [-0.3, -0.25) is 0 Å². The van der Waals surface area contributed by atoms with E-state index < -0.39 is 5.82 Å². The molecule has 0 radical (unpaired) electrons. The smallest absolute Gasteiger partial charge is 0.237 e. The monoisotopic (exact) mass is 279 g/mol. The Kier molecular flexibility index (Phi) is 3.25. The number of nitriles is 2. The van der Waals surface area contributed by atoms with Gasteiger partial charge < -0.3 is 4.74 Å². The number of aromatic nitrogens is 1. The molecule has 0 unspecified atom stereocenters. The summed E-state index contributed by atoms with van der Waals surface area (Å²) in [5, 5.41) is 17.9. The van der Waals surface area contributed by atoms with Crippen LogP contribution >= 0.6 is 0 Å². The third-order valence-electron chi connectivity index (χ3n) is 3.40. The number of fused-ring (bicyclic) bond motifs is 1. The highest BCUT2D eigenvalue weighted by molar-refractivity contribution is 5.46. The fourth-order valence-electron chi connectivity index (χ4n) is 2.37. The van der Waals surface area contributed by atoms with E-state index in [1.54, 1.807) is 6.07 Å². The lowest BCUT2D eigenvalue weighted by molar-refractivity contribution is 0.425. The van der Waals surface area contributed by atoms with Crippen LogP contribution in [0.25, 0.3) is 0 Å². The Hall–Kier alpha value is -2.92. The Morgan fingerprint density at radius 3 is 2.71 bits per heavy atom. The van der Waals surface area contributed by atoms with Crippen molar-refractivity contribution >= 4 is 0 Å². The van der Waals surface area contributed by atoms with Gasteiger partial charge in [-0.05, 0) is 49.1 Å². The molecular formula is C16H10FN3O. The van der Waals surface area contributed by atoms with E-state index in [0.29, 0.717) is 5.56 Å². The van der Waals surface area contributed by atoms with Gasteiger partial charge in [0.1, 0.15) is 11.6 Å². The van der Waals surface area contributed by atoms with E-state index >= 15 is 0 Å². The van der Waals surface area contributed by atoms with Crippen molar-refractivity contribution in [3.63, 3.8) is 0 Å². The zero-order chi connectivity index (χ0) is 14.8. The van der Waals surface area contributed by atoms with E-state index in [9.17, 15) is 9.65 Å². The number of nitrogens with zero attached hydrogens (tertiary/aromatic N) is 3. The van der Waals surface area contributed by atoms with Crippen LogP contribution in [0.4, 0.5) is 4.39 Å². The summed E-state index contributed by atoms with van der Waals surface area (Å²) < 4.78 is 19.3. The Morgan fingerprint density at radius 1 is 1.14 bits per heavy atom. The van der Waals surface area contributed by atoms with Gasteiger partial charge in [0, 0.05) is 5.69 Å². The minimum atomic E-state index is -0.653. The zero-order valence-electron chi connectivity index (χ0n) is 11.1. The molecule has 0 spiro atoms. The van der Waals surface area contributed by atoms with Crippen molar-refractivity contribution in [2.24, 2.45) is 0 Å². The summed E-state index contributed by atoms with van der Waals surface area (Å²) in [5.41, 5.74) is 2.46. The van der Waals surface area contributed by atoms with Gasteiger partial charge in [-0.15, -0.1) is 0 Å². The molecule has 5 heteroatoms. The topological polar surface area (TPSA) is 69.7 Å². The molecule has 0 bridgehead atoms. The molecule has 1 aliphatic rings. The molecular weight excluding hydrogens is 269 g/mol. The maximum absolute atomic E-state index is 13.8. The first-order valence-corrected chi connectivity index (χ1v) is 6.51. The van der Waals surface area contributed by atoms with Gasteiger partial charge in [0.05, 0.1) is 11.6 Å². The largest absolute Gasteiger partial charge is 0.435 e. The summed E-state index contributed by atoms with van der Waals surface area (Å²) in [7, 11) is 0. The van der Waals surface area contributed by atoms with Crippen molar-refractivity contribution < 1.29 is 9.13 Å². The van der Waals surface area contributed by atoms with Crippen molar-refractivity contribution in [1.82, 2.24) is 4.98 Å². The van der Waals surface area contributed by atoms with Crippen molar-refractivity contribution in [3.8, 4) is 23.8 Å². The normalized spacial score (nSPS) is 12.3. The van der Waals surface area contributed by atoms with E-state index in [4.69, 9.17) is 10.00 Å². The average Bonchev–Trinajstić information content (AvgIpc) is 2.95. The lowest BCUT2D eigenvalue weighted by atomic mass is 10.1. The summed E-state index contributed by atoms with van der Waals surface area (Å²) in [4.78, 5) is 4.33. The second-order valence-corrected chi connectivity index (χ2v) is 4.77. The van der Waals surface area contributed by atoms with Crippen LogP contribution in [0.3, 0.4) is 0 Å². The first kappa shape index (κ1) is 13.1. The average molecular weight is 279 g/mol. The molecule has 0 atom stereocenters. The fourth-order valence-corrected chi connectivity index (χ4v) is 2.37. The number of rotatable bonds is 2. The highest BCUT2D eigenvalue weighted by Crippen LogP contribution is 2.30. The molecule has 0 fully saturated rings. The molecule has 2 aromatic rings. The van der Waals surface area contributed by atoms with Gasteiger partial charge in [-0.25, -0.2) is 9.37 Å². The molecule has 1 heterocycles.